The zero-order chi connectivity index (χ0) is 13.4. The van der Waals surface area contributed by atoms with E-state index in [-0.39, 0.29) is 0 Å². The normalized spacial score (nSPS) is 23.1. The number of para-hydroxylation sites is 1. The number of likely N-dealkylation sites (tertiary alicyclic amines) is 1. The Morgan fingerprint density at radius 2 is 1.90 bits per heavy atom. The van der Waals surface area contributed by atoms with Crippen LogP contribution in [0.3, 0.4) is 0 Å². The highest BCUT2D eigenvalue weighted by Gasteiger charge is 2.35. The highest BCUT2D eigenvalue weighted by Crippen LogP contribution is 2.34. The number of nitrogens with zero attached hydrogens (tertiary/aromatic N) is 3. The van der Waals surface area contributed by atoms with E-state index >= 15 is 0 Å². The van der Waals surface area contributed by atoms with Gasteiger partial charge in [0.05, 0.1) is 6.04 Å². The lowest BCUT2D eigenvalue weighted by molar-refractivity contribution is 0.314. The average molecular weight is 268 g/mol. The maximum absolute atomic E-state index is 4.47. The summed E-state index contributed by atoms with van der Waals surface area (Å²) in [5.74, 6) is 0.957. The van der Waals surface area contributed by atoms with Gasteiger partial charge < -0.3 is 9.88 Å². The van der Waals surface area contributed by atoms with Crippen LogP contribution in [0.2, 0.25) is 0 Å². The van der Waals surface area contributed by atoms with Crippen molar-refractivity contribution in [3.8, 4) is 0 Å². The molecule has 20 heavy (non-hydrogen) atoms. The molecule has 0 spiro atoms. The second-order valence-electron chi connectivity index (χ2n) is 5.82. The Labute approximate surface area is 119 Å². The lowest BCUT2D eigenvalue weighted by atomic mass is 10.2. The molecule has 0 radical (unpaired) electrons. The summed E-state index contributed by atoms with van der Waals surface area (Å²) in [5, 5.41) is 3.42. The summed E-state index contributed by atoms with van der Waals surface area (Å²) in [6, 6.07) is 11.7. The van der Waals surface area contributed by atoms with Gasteiger partial charge in [0, 0.05) is 37.2 Å². The van der Waals surface area contributed by atoms with E-state index < -0.39 is 0 Å². The number of rotatable bonds is 4. The number of aromatic nitrogens is 2. The molecule has 1 unspecified atom stereocenters. The maximum atomic E-state index is 4.47. The molecule has 2 fully saturated rings. The number of hydrogen-bond donors (Lipinski definition) is 1. The van der Waals surface area contributed by atoms with Gasteiger partial charge in [-0.2, -0.15) is 0 Å². The highest BCUT2D eigenvalue weighted by molar-refractivity contribution is 5.53. The Balaban J connectivity index is 1.50. The number of imidazole rings is 1. The second kappa shape index (κ2) is 4.94. The first-order valence-electron chi connectivity index (χ1n) is 7.49. The minimum atomic E-state index is 0.560. The third-order valence-electron chi connectivity index (χ3n) is 4.35. The summed E-state index contributed by atoms with van der Waals surface area (Å²) >= 11 is 0. The summed E-state index contributed by atoms with van der Waals surface area (Å²) in [6.45, 7) is 2.41. The standard InChI is InChI=1S/C16H20N4/c1-2-4-13(5-3-1)18-16-17-9-11-20(16)15-8-10-19(12-15)14-6-7-14/h1-5,9,11,14-15H,6-8,10,12H2,(H,17,18). The molecular formula is C16H20N4. The quantitative estimate of drug-likeness (QED) is 0.925. The van der Waals surface area contributed by atoms with Crippen molar-refractivity contribution in [2.75, 3.05) is 18.4 Å². The number of benzene rings is 1. The van der Waals surface area contributed by atoms with E-state index in [0.29, 0.717) is 6.04 Å². The average Bonchev–Trinajstić information content (AvgIpc) is 3.04. The molecule has 0 amide bonds. The zero-order valence-electron chi connectivity index (χ0n) is 11.6. The fourth-order valence-corrected chi connectivity index (χ4v) is 3.12. The summed E-state index contributed by atoms with van der Waals surface area (Å²) in [6.07, 6.45) is 8.02. The van der Waals surface area contributed by atoms with Crippen LogP contribution in [0.25, 0.3) is 0 Å². The lowest BCUT2D eigenvalue weighted by Crippen LogP contribution is -2.23. The molecule has 1 aliphatic carbocycles. The van der Waals surface area contributed by atoms with Gasteiger partial charge in [0.15, 0.2) is 0 Å². The predicted octanol–water partition coefficient (Wildman–Crippen LogP) is 3.04. The van der Waals surface area contributed by atoms with E-state index in [4.69, 9.17) is 0 Å². The molecular weight excluding hydrogens is 248 g/mol. The van der Waals surface area contributed by atoms with Crippen molar-refractivity contribution in [1.29, 1.82) is 0 Å². The Morgan fingerprint density at radius 1 is 1.05 bits per heavy atom. The van der Waals surface area contributed by atoms with Gasteiger partial charge in [-0.3, -0.25) is 4.90 Å². The lowest BCUT2D eigenvalue weighted by Gasteiger charge is -2.18. The zero-order valence-corrected chi connectivity index (χ0v) is 11.6. The van der Waals surface area contributed by atoms with E-state index in [9.17, 15) is 0 Å². The van der Waals surface area contributed by atoms with Gasteiger partial charge in [0.1, 0.15) is 0 Å². The molecule has 1 aliphatic heterocycles. The third kappa shape index (κ3) is 2.31. The molecule has 2 heterocycles. The van der Waals surface area contributed by atoms with Crippen molar-refractivity contribution in [2.24, 2.45) is 0 Å². The van der Waals surface area contributed by atoms with Gasteiger partial charge in [0.25, 0.3) is 0 Å². The van der Waals surface area contributed by atoms with E-state index in [1.54, 1.807) is 0 Å². The largest absolute Gasteiger partial charge is 0.326 e. The molecule has 2 aliphatic rings. The van der Waals surface area contributed by atoms with E-state index in [1.165, 1.54) is 32.4 Å². The van der Waals surface area contributed by atoms with E-state index in [2.05, 4.69) is 38.1 Å². The van der Waals surface area contributed by atoms with Gasteiger partial charge >= 0.3 is 0 Å². The Hall–Kier alpha value is -1.81. The molecule has 1 saturated carbocycles. The van der Waals surface area contributed by atoms with Crippen LogP contribution in [-0.2, 0) is 0 Å². The monoisotopic (exact) mass is 268 g/mol. The first kappa shape index (κ1) is 12.0. The van der Waals surface area contributed by atoms with Gasteiger partial charge in [-0.05, 0) is 31.4 Å². The Bertz CT molecular complexity index is 573. The van der Waals surface area contributed by atoms with Crippen LogP contribution in [0.4, 0.5) is 11.6 Å². The summed E-state index contributed by atoms with van der Waals surface area (Å²) in [5.41, 5.74) is 1.09. The number of nitrogens with one attached hydrogen (secondary N) is 1. The van der Waals surface area contributed by atoms with Crippen molar-refractivity contribution < 1.29 is 0 Å². The minimum Gasteiger partial charge on any atom is -0.326 e. The van der Waals surface area contributed by atoms with Crippen LogP contribution in [0.15, 0.2) is 42.7 Å². The SMILES string of the molecule is c1ccc(Nc2nccn2C2CCN(C3CC3)C2)cc1. The van der Waals surface area contributed by atoms with Crippen molar-refractivity contribution in [3.05, 3.63) is 42.7 Å². The molecule has 1 aromatic heterocycles. The van der Waals surface area contributed by atoms with Gasteiger partial charge in [-0.25, -0.2) is 4.98 Å². The molecule has 4 rings (SSSR count). The second-order valence-corrected chi connectivity index (χ2v) is 5.82. The van der Waals surface area contributed by atoms with Crippen molar-refractivity contribution in [1.82, 2.24) is 14.5 Å². The van der Waals surface area contributed by atoms with Gasteiger partial charge in [-0.1, -0.05) is 18.2 Å². The fourth-order valence-electron chi connectivity index (χ4n) is 3.12. The molecule has 1 N–H and O–H groups in total. The van der Waals surface area contributed by atoms with Crippen molar-refractivity contribution >= 4 is 11.6 Å². The van der Waals surface area contributed by atoms with E-state index in [0.717, 1.165) is 17.7 Å². The van der Waals surface area contributed by atoms with E-state index in [1.807, 2.05) is 24.4 Å². The minimum absolute atomic E-state index is 0.560. The first-order chi connectivity index (χ1) is 9.90. The molecule has 2 aromatic rings. The summed E-state index contributed by atoms with van der Waals surface area (Å²) < 4.78 is 2.30. The third-order valence-corrected chi connectivity index (χ3v) is 4.35. The molecule has 104 valence electrons. The fraction of sp³-hybridized carbons (Fsp3) is 0.438. The van der Waals surface area contributed by atoms with Crippen LogP contribution < -0.4 is 5.32 Å². The van der Waals surface area contributed by atoms with Gasteiger partial charge in [-0.15, -0.1) is 0 Å². The molecule has 0 bridgehead atoms. The van der Waals surface area contributed by atoms with Crippen LogP contribution in [0.1, 0.15) is 25.3 Å². The van der Waals surface area contributed by atoms with Crippen LogP contribution in [-0.4, -0.2) is 33.6 Å². The molecule has 1 atom stereocenters. The molecule has 4 heteroatoms. The number of hydrogen-bond acceptors (Lipinski definition) is 3. The summed E-state index contributed by atoms with van der Waals surface area (Å²) in [4.78, 5) is 7.11. The Kier molecular flexibility index (Phi) is 2.96. The molecule has 1 saturated heterocycles. The maximum Gasteiger partial charge on any atom is 0.207 e. The highest BCUT2D eigenvalue weighted by atomic mass is 15.3. The first-order valence-corrected chi connectivity index (χ1v) is 7.49. The molecule has 1 aromatic carbocycles. The van der Waals surface area contributed by atoms with Gasteiger partial charge in [0.2, 0.25) is 5.95 Å². The topological polar surface area (TPSA) is 33.1 Å². The van der Waals surface area contributed by atoms with Crippen molar-refractivity contribution in [2.45, 2.75) is 31.3 Å². The van der Waals surface area contributed by atoms with Crippen molar-refractivity contribution in [3.63, 3.8) is 0 Å². The molecule has 4 nitrogen and oxygen atoms in total. The van der Waals surface area contributed by atoms with Crippen LogP contribution in [0, 0.1) is 0 Å². The Morgan fingerprint density at radius 3 is 2.70 bits per heavy atom. The summed E-state index contributed by atoms with van der Waals surface area (Å²) in [7, 11) is 0. The van der Waals surface area contributed by atoms with Crippen LogP contribution >= 0.6 is 0 Å². The van der Waals surface area contributed by atoms with Crippen LogP contribution in [0.5, 0.6) is 0 Å². The predicted molar refractivity (Wildman–Crippen MR) is 80.2 cm³/mol. The number of anilines is 2. The smallest absolute Gasteiger partial charge is 0.207 e.